The minimum absolute atomic E-state index is 0.0949. The Balaban J connectivity index is 2.74. The number of esters is 1. The van der Waals surface area contributed by atoms with Crippen molar-refractivity contribution in [2.45, 2.75) is 12.0 Å². The lowest BCUT2D eigenvalue weighted by Gasteiger charge is -2.26. The summed E-state index contributed by atoms with van der Waals surface area (Å²) in [6, 6.07) is 0. The normalized spacial score (nSPS) is 32.9. The Bertz CT molecular complexity index is 218. The van der Waals surface area contributed by atoms with Gasteiger partial charge in [-0.2, -0.15) is 0 Å². The third kappa shape index (κ3) is 1.73. The molecule has 0 aliphatic carbocycles. The molecule has 0 amide bonds. The van der Waals surface area contributed by atoms with Crippen LogP contribution in [0.1, 0.15) is 6.42 Å². The van der Waals surface area contributed by atoms with E-state index in [1.165, 1.54) is 7.11 Å². The van der Waals surface area contributed by atoms with Crippen LogP contribution in [0.15, 0.2) is 12.7 Å². The highest BCUT2D eigenvalue weighted by atomic mass is 16.5. The zero-order valence-electron chi connectivity index (χ0n) is 7.88. The molecule has 13 heavy (non-hydrogen) atoms. The first-order valence-corrected chi connectivity index (χ1v) is 4.34. The van der Waals surface area contributed by atoms with Crippen LogP contribution in [0.3, 0.4) is 0 Å². The second kappa shape index (κ2) is 3.89. The molecule has 1 rings (SSSR count). The zero-order chi connectivity index (χ0) is 9.90. The molecule has 4 nitrogen and oxygen atoms in total. The van der Waals surface area contributed by atoms with Gasteiger partial charge in [0.25, 0.3) is 0 Å². The van der Waals surface area contributed by atoms with Gasteiger partial charge in [0.1, 0.15) is 5.54 Å². The number of carbonyl (C=O) groups is 1. The van der Waals surface area contributed by atoms with Crippen molar-refractivity contribution < 1.29 is 9.53 Å². The van der Waals surface area contributed by atoms with Crippen molar-refractivity contribution >= 4 is 5.97 Å². The molecule has 2 atom stereocenters. The maximum atomic E-state index is 11.4. The highest BCUT2D eigenvalue weighted by Gasteiger charge is 2.46. The lowest BCUT2D eigenvalue weighted by atomic mass is 9.86. The molecule has 0 aromatic carbocycles. The zero-order valence-corrected chi connectivity index (χ0v) is 7.88. The first-order chi connectivity index (χ1) is 6.15. The SMILES string of the molecule is C=CC[C@H]1CNC[C@@]1(N)C(=O)OC. The summed E-state index contributed by atoms with van der Waals surface area (Å²) in [7, 11) is 1.36. The standard InChI is InChI=1S/C9H16N2O2/c1-3-4-7-5-11-6-9(7,10)8(12)13-2/h3,7,11H,1,4-6,10H2,2H3/t7-,9-/m0/s1. The largest absolute Gasteiger partial charge is 0.468 e. The van der Waals surface area contributed by atoms with Gasteiger partial charge in [0.2, 0.25) is 0 Å². The average Bonchev–Trinajstić information content (AvgIpc) is 2.49. The molecule has 0 aromatic rings. The van der Waals surface area contributed by atoms with Gasteiger partial charge in [-0.1, -0.05) is 6.08 Å². The molecule has 3 N–H and O–H groups in total. The van der Waals surface area contributed by atoms with Gasteiger partial charge in [-0.25, -0.2) is 0 Å². The summed E-state index contributed by atoms with van der Waals surface area (Å²) in [6.45, 7) is 4.87. The third-order valence-corrected chi connectivity index (χ3v) is 2.55. The van der Waals surface area contributed by atoms with Crippen molar-refractivity contribution in [1.29, 1.82) is 0 Å². The first-order valence-electron chi connectivity index (χ1n) is 4.34. The number of methoxy groups -OCH3 is 1. The summed E-state index contributed by atoms with van der Waals surface area (Å²) in [5, 5.41) is 3.09. The average molecular weight is 184 g/mol. The van der Waals surface area contributed by atoms with Crippen molar-refractivity contribution in [2.24, 2.45) is 11.7 Å². The predicted molar refractivity (Wildman–Crippen MR) is 50.1 cm³/mol. The molecule has 1 heterocycles. The van der Waals surface area contributed by atoms with Crippen LogP contribution in [0.25, 0.3) is 0 Å². The lowest BCUT2D eigenvalue weighted by Crippen LogP contribution is -2.55. The van der Waals surface area contributed by atoms with Crippen LogP contribution in [0.5, 0.6) is 0 Å². The van der Waals surface area contributed by atoms with Crippen molar-refractivity contribution in [3.63, 3.8) is 0 Å². The van der Waals surface area contributed by atoms with Gasteiger partial charge < -0.3 is 15.8 Å². The van der Waals surface area contributed by atoms with E-state index < -0.39 is 5.54 Å². The van der Waals surface area contributed by atoms with Crippen LogP contribution in [0.4, 0.5) is 0 Å². The number of carbonyl (C=O) groups excluding carboxylic acids is 1. The van der Waals surface area contributed by atoms with Crippen LogP contribution < -0.4 is 11.1 Å². The number of nitrogens with one attached hydrogen (secondary N) is 1. The summed E-state index contributed by atoms with van der Waals surface area (Å²) >= 11 is 0. The molecule has 1 aliphatic heterocycles. The van der Waals surface area contributed by atoms with Crippen LogP contribution in [0.2, 0.25) is 0 Å². The Hall–Kier alpha value is -0.870. The Morgan fingerprint density at radius 2 is 2.62 bits per heavy atom. The molecular formula is C9H16N2O2. The summed E-state index contributed by atoms with van der Waals surface area (Å²) in [5.74, 6) is -0.248. The van der Waals surface area contributed by atoms with E-state index in [1.807, 2.05) is 0 Å². The van der Waals surface area contributed by atoms with E-state index >= 15 is 0 Å². The topological polar surface area (TPSA) is 64.3 Å². The van der Waals surface area contributed by atoms with Gasteiger partial charge in [0.15, 0.2) is 0 Å². The molecule has 74 valence electrons. The number of allylic oxidation sites excluding steroid dienone is 1. The number of rotatable bonds is 3. The maximum absolute atomic E-state index is 11.4. The van der Waals surface area contributed by atoms with Gasteiger partial charge in [-0.3, -0.25) is 4.79 Å². The van der Waals surface area contributed by atoms with E-state index in [0.29, 0.717) is 6.54 Å². The molecule has 0 aromatic heterocycles. The summed E-state index contributed by atoms with van der Waals surface area (Å²) < 4.78 is 4.68. The predicted octanol–water partition coefficient (Wildman–Crippen LogP) is -0.348. The fraction of sp³-hybridized carbons (Fsp3) is 0.667. The first kappa shape index (κ1) is 10.2. The quantitative estimate of drug-likeness (QED) is 0.465. The molecule has 0 saturated carbocycles. The minimum Gasteiger partial charge on any atom is -0.468 e. The molecule has 1 fully saturated rings. The number of hydrogen-bond acceptors (Lipinski definition) is 4. The van der Waals surface area contributed by atoms with Gasteiger partial charge in [-0.15, -0.1) is 6.58 Å². The summed E-state index contributed by atoms with van der Waals surface area (Å²) in [5.41, 5.74) is 5.09. The minimum atomic E-state index is -0.872. The Morgan fingerprint density at radius 1 is 1.92 bits per heavy atom. The molecule has 1 saturated heterocycles. The van der Waals surface area contributed by atoms with Gasteiger partial charge >= 0.3 is 5.97 Å². The fourth-order valence-electron chi connectivity index (χ4n) is 1.70. The van der Waals surface area contributed by atoms with Crippen molar-refractivity contribution in [3.05, 3.63) is 12.7 Å². The molecular weight excluding hydrogens is 168 g/mol. The van der Waals surface area contributed by atoms with E-state index in [4.69, 9.17) is 5.73 Å². The number of nitrogens with two attached hydrogens (primary N) is 1. The van der Waals surface area contributed by atoms with Crippen molar-refractivity contribution in [1.82, 2.24) is 5.32 Å². The Kier molecular flexibility index (Phi) is 3.06. The molecule has 0 spiro atoms. The van der Waals surface area contributed by atoms with Crippen LogP contribution in [0, 0.1) is 5.92 Å². The van der Waals surface area contributed by atoms with Crippen LogP contribution >= 0.6 is 0 Å². The summed E-state index contributed by atoms with van der Waals surface area (Å²) in [6.07, 6.45) is 2.51. The molecule has 0 bridgehead atoms. The third-order valence-electron chi connectivity index (χ3n) is 2.55. The van der Waals surface area contributed by atoms with Gasteiger partial charge in [0, 0.05) is 19.0 Å². The van der Waals surface area contributed by atoms with Gasteiger partial charge in [0.05, 0.1) is 7.11 Å². The number of ether oxygens (including phenoxy) is 1. The summed E-state index contributed by atoms with van der Waals surface area (Å²) in [4.78, 5) is 11.4. The van der Waals surface area contributed by atoms with Crippen LogP contribution in [-0.4, -0.2) is 31.7 Å². The van der Waals surface area contributed by atoms with Gasteiger partial charge in [-0.05, 0) is 6.42 Å². The maximum Gasteiger partial charge on any atom is 0.327 e. The smallest absolute Gasteiger partial charge is 0.327 e. The van der Waals surface area contributed by atoms with Crippen LogP contribution in [-0.2, 0) is 9.53 Å². The highest BCUT2D eigenvalue weighted by molar-refractivity contribution is 5.81. The van der Waals surface area contributed by atoms with E-state index in [0.717, 1.165) is 13.0 Å². The van der Waals surface area contributed by atoms with E-state index in [2.05, 4.69) is 16.6 Å². The Labute approximate surface area is 78.1 Å². The molecule has 0 unspecified atom stereocenters. The van der Waals surface area contributed by atoms with Crippen molar-refractivity contribution in [3.8, 4) is 0 Å². The Morgan fingerprint density at radius 3 is 3.15 bits per heavy atom. The fourth-order valence-corrected chi connectivity index (χ4v) is 1.70. The lowest BCUT2D eigenvalue weighted by molar-refractivity contribution is -0.147. The molecule has 4 heteroatoms. The second-order valence-corrected chi connectivity index (χ2v) is 3.38. The van der Waals surface area contributed by atoms with Crippen molar-refractivity contribution in [2.75, 3.05) is 20.2 Å². The van der Waals surface area contributed by atoms with E-state index in [-0.39, 0.29) is 11.9 Å². The van der Waals surface area contributed by atoms with E-state index in [9.17, 15) is 4.79 Å². The van der Waals surface area contributed by atoms with E-state index in [1.54, 1.807) is 6.08 Å². The molecule has 1 aliphatic rings. The highest BCUT2D eigenvalue weighted by Crippen LogP contribution is 2.24. The number of hydrogen-bond donors (Lipinski definition) is 2. The molecule has 0 radical (unpaired) electrons. The monoisotopic (exact) mass is 184 g/mol. The second-order valence-electron chi connectivity index (χ2n) is 3.38.